The van der Waals surface area contributed by atoms with Gasteiger partial charge in [-0.15, -0.1) is 0 Å². The minimum Gasteiger partial charge on any atom is -0.452 e. The average Bonchev–Trinajstić information content (AvgIpc) is 2.79. The molecule has 0 amide bonds. The van der Waals surface area contributed by atoms with Crippen molar-refractivity contribution in [1.29, 1.82) is 0 Å². The van der Waals surface area contributed by atoms with Crippen molar-refractivity contribution in [2.24, 2.45) is 0 Å². The number of carbonyl (C=O) groups is 1. The first-order valence-corrected chi connectivity index (χ1v) is 6.06. The molecule has 0 bridgehead atoms. The summed E-state index contributed by atoms with van der Waals surface area (Å²) >= 11 is 0. The Kier molecular flexibility index (Phi) is 2.86. The Balaban J connectivity index is 2.18. The Morgan fingerprint density at radius 1 is 1.05 bits per heavy atom. The second kappa shape index (κ2) is 4.56. The van der Waals surface area contributed by atoms with E-state index in [1.54, 1.807) is 19.1 Å². The van der Waals surface area contributed by atoms with Crippen molar-refractivity contribution < 1.29 is 18.0 Å². The Labute approximate surface area is 113 Å². The molecule has 0 saturated heterocycles. The van der Waals surface area contributed by atoms with E-state index in [4.69, 9.17) is 4.42 Å². The van der Waals surface area contributed by atoms with Gasteiger partial charge in [0.25, 0.3) is 0 Å². The normalized spacial score (nSPS) is 10.9. The van der Waals surface area contributed by atoms with E-state index >= 15 is 0 Å². The van der Waals surface area contributed by atoms with Crippen LogP contribution in [0, 0.1) is 18.6 Å². The summed E-state index contributed by atoms with van der Waals surface area (Å²) in [6.07, 6.45) is 0. The summed E-state index contributed by atoms with van der Waals surface area (Å²) in [7, 11) is 0. The summed E-state index contributed by atoms with van der Waals surface area (Å²) in [4.78, 5) is 12.3. The number of hydrogen-bond acceptors (Lipinski definition) is 2. The molecule has 0 unspecified atom stereocenters. The van der Waals surface area contributed by atoms with Crippen molar-refractivity contribution in [2.75, 3.05) is 0 Å². The van der Waals surface area contributed by atoms with Crippen molar-refractivity contribution in [2.45, 2.75) is 6.92 Å². The van der Waals surface area contributed by atoms with Gasteiger partial charge in [-0.1, -0.05) is 24.3 Å². The van der Waals surface area contributed by atoms with Crippen LogP contribution < -0.4 is 0 Å². The maximum absolute atomic E-state index is 13.7. The summed E-state index contributed by atoms with van der Waals surface area (Å²) in [6.45, 7) is 1.72. The Hall–Kier alpha value is -2.49. The van der Waals surface area contributed by atoms with Crippen LogP contribution in [0.5, 0.6) is 0 Å². The SMILES string of the molecule is Cc1c(C(=O)c2cccc(F)c2F)oc2ccccc12. The molecule has 0 aliphatic heterocycles. The zero-order chi connectivity index (χ0) is 14.3. The maximum atomic E-state index is 13.7. The van der Waals surface area contributed by atoms with Crippen LogP contribution in [0.4, 0.5) is 8.78 Å². The number of carbonyl (C=O) groups excluding carboxylic acids is 1. The van der Waals surface area contributed by atoms with E-state index < -0.39 is 17.4 Å². The molecule has 2 aromatic carbocycles. The molecule has 0 fully saturated rings. The van der Waals surface area contributed by atoms with E-state index in [0.29, 0.717) is 11.1 Å². The van der Waals surface area contributed by atoms with Crippen molar-refractivity contribution in [3.8, 4) is 0 Å². The van der Waals surface area contributed by atoms with Gasteiger partial charge in [-0.3, -0.25) is 4.79 Å². The number of para-hydroxylation sites is 1. The van der Waals surface area contributed by atoms with Crippen LogP contribution in [-0.4, -0.2) is 5.78 Å². The van der Waals surface area contributed by atoms with Gasteiger partial charge in [0.2, 0.25) is 5.78 Å². The number of benzene rings is 2. The molecule has 20 heavy (non-hydrogen) atoms. The lowest BCUT2D eigenvalue weighted by Gasteiger charge is -2.01. The van der Waals surface area contributed by atoms with Crippen molar-refractivity contribution in [1.82, 2.24) is 0 Å². The zero-order valence-electron chi connectivity index (χ0n) is 10.6. The van der Waals surface area contributed by atoms with Crippen molar-refractivity contribution in [3.63, 3.8) is 0 Å². The number of fused-ring (bicyclic) bond motifs is 1. The summed E-state index contributed by atoms with van der Waals surface area (Å²) in [5.74, 6) is -2.83. The highest BCUT2D eigenvalue weighted by Gasteiger charge is 2.23. The van der Waals surface area contributed by atoms with E-state index in [0.717, 1.165) is 11.5 Å². The van der Waals surface area contributed by atoms with Gasteiger partial charge in [0, 0.05) is 10.9 Å². The second-order valence-electron chi connectivity index (χ2n) is 4.48. The van der Waals surface area contributed by atoms with Gasteiger partial charge in [-0.2, -0.15) is 0 Å². The van der Waals surface area contributed by atoms with Gasteiger partial charge in [0.1, 0.15) is 5.58 Å². The summed E-state index contributed by atoms with van der Waals surface area (Å²) < 4.78 is 32.4. The molecule has 0 aliphatic rings. The van der Waals surface area contributed by atoms with Crippen molar-refractivity contribution in [3.05, 3.63) is 71.0 Å². The van der Waals surface area contributed by atoms with Gasteiger partial charge in [0.05, 0.1) is 5.56 Å². The third-order valence-corrected chi connectivity index (χ3v) is 3.25. The molecule has 3 aromatic rings. The molecule has 0 spiro atoms. The maximum Gasteiger partial charge on any atom is 0.231 e. The van der Waals surface area contributed by atoms with Crippen LogP contribution in [-0.2, 0) is 0 Å². The molecule has 4 heteroatoms. The lowest BCUT2D eigenvalue weighted by Crippen LogP contribution is -2.06. The number of rotatable bonds is 2. The fraction of sp³-hybridized carbons (Fsp3) is 0.0625. The van der Waals surface area contributed by atoms with Crippen LogP contribution in [0.3, 0.4) is 0 Å². The van der Waals surface area contributed by atoms with Crippen LogP contribution >= 0.6 is 0 Å². The lowest BCUT2D eigenvalue weighted by molar-refractivity contribution is 0.101. The van der Waals surface area contributed by atoms with Gasteiger partial charge in [-0.25, -0.2) is 8.78 Å². The Bertz CT molecular complexity index is 818. The van der Waals surface area contributed by atoms with Gasteiger partial charge in [-0.05, 0) is 25.1 Å². The van der Waals surface area contributed by atoms with Gasteiger partial charge >= 0.3 is 0 Å². The van der Waals surface area contributed by atoms with Crippen LogP contribution in [0.1, 0.15) is 21.7 Å². The van der Waals surface area contributed by atoms with E-state index in [-0.39, 0.29) is 11.3 Å². The summed E-state index contributed by atoms with van der Waals surface area (Å²) in [5.41, 5.74) is 0.839. The Morgan fingerprint density at radius 3 is 2.55 bits per heavy atom. The van der Waals surface area contributed by atoms with Gasteiger partial charge in [0.15, 0.2) is 17.4 Å². The first-order valence-electron chi connectivity index (χ1n) is 6.06. The third-order valence-electron chi connectivity index (χ3n) is 3.25. The van der Waals surface area contributed by atoms with Crippen LogP contribution in [0.2, 0.25) is 0 Å². The minimum absolute atomic E-state index is 0.0377. The fourth-order valence-corrected chi connectivity index (χ4v) is 2.19. The number of furan rings is 1. The van der Waals surface area contributed by atoms with Crippen LogP contribution in [0.25, 0.3) is 11.0 Å². The van der Waals surface area contributed by atoms with E-state index in [9.17, 15) is 13.6 Å². The number of halogens is 2. The van der Waals surface area contributed by atoms with Crippen molar-refractivity contribution >= 4 is 16.8 Å². The molecule has 1 aromatic heterocycles. The van der Waals surface area contributed by atoms with E-state index in [1.807, 2.05) is 12.1 Å². The Morgan fingerprint density at radius 2 is 1.80 bits per heavy atom. The standard InChI is InChI=1S/C16H10F2O2/c1-9-10-5-2-3-8-13(10)20-16(9)15(19)11-6-4-7-12(17)14(11)18/h2-8H,1H3. The molecule has 0 atom stereocenters. The molecule has 100 valence electrons. The topological polar surface area (TPSA) is 30.2 Å². The molecule has 0 radical (unpaired) electrons. The molecule has 0 aliphatic carbocycles. The highest BCUT2D eigenvalue weighted by atomic mass is 19.2. The molecular weight excluding hydrogens is 262 g/mol. The van der Waals surface area contributed by atoms with E-state index in [2.05, 4.69) is 0 Å². The summed E-state index contributed by atoms with van der Waals surface area (Å²) in [6, 6.07) is 10.6. The molecule has 3 rings (SSSR count). The molecule has 0 N–H and O–H groups in total. The zero-order valence-corrected chi connectivity index (χ0v) is 10.6. The largest absolute Gasteiger partial charge is 0.452 e. The predicted octanol–water partition coefficient (Wildman–Crippen LogP) is 4.25. The molecule has 2 nitrogen and oxygen atoms in total. The highest BCUT2D eigenvalue weighted by molar-refractivity contribution is 6.10. The first kappa shape index (κ1) is 12.5. The number of aryl methyl sites for hydroxylation is 1. The molecule has 1 heterocycles. The predicted molar refractivity (Wildman–Crippen MR) is 70.7 cm³/mol. The fourth-order valence-electron chi connectivity index (χ4n) is 2.19. The highest BCUT2D eigenvalue weighted by Crippen LogP contribution is 2.27. The first-order chi connectivity index (χ1) is 9.59. The minimum atomic E-state index is -1.16. The van der Waals surface area contributed by atoms with E-state index in [1.165, 1.54) is 12.1 Å². The molecular formula is C16H10F2O2. The quantitative estimate of drug-likeness (QED) is 0.653. The average molecular weight is 272 g/mol. The monoisotopic (exact) mass is 272 g/mol. The second-order valence-corrected chi connectivity index (χ2v) is 4.48. The number of ketones is 1. The van der Waals surface area contributed by atoms with Gasteiger partial charge < -0.3 is 4.42 Å². The van der Waals surface area contributed by atoms with Crippen LogP contribution in [0.15, 0.2) is 46.9 Å². The summed E-state index contributed by atoms with van der Waals surface area (Å²) in [5, 5.41) is 0.785. The lowest BCUT2D eigenvalue weighted by atomic mass is 10.0. The number of hydrogen-bond donors (Lipinski definition) is 0. The third kappa shape index (κ3) is 1.81. The molecule has 0 saturated carbocycles. The smallest absolute Gasteiger partial charge is 0.231 e.